The van der Waals surface area contributed by atoms with Gasteiger partial charge in [0.2, 0.25) is 0 Å². The number of carboxylic acid groups (broad SMARTS) is 1. The third-order valence-electron chi connectivity index (χ3n) is 1.08. The molecule has 0 bridgehead atoms. The van der Waals surface area contributed by atoms with Crippen LogP contribution in [0, 0.1) is 5.95 Å². The maximum Gasteiger partial charge on any atom is 0.341 e. The van der Waals surface area contributed by atoms with Gasteiger partial charge in [-0.15, -0.1) is 12.4 Å². The summed E-state index contributed by atoms with van der Waals surface area (Å²) in [6.45, 7) is -0.567. The van der Waals surface area contributed by atoms with E-state index in [1.165, 1.54) is 18.3 Å². The normalized spacial score (nSPS) is 8.69. The number of rotatable bonds is 3. The van der Waals surface area contributed by atoms with Crippen molar-refractivity contribution in [1.82, 2.24) is 4.98 Å². The van der Waals surface area contributed by atoms with E-state index in [2.05, 4.69) is 9.72 Å². The second kappa shape index (κ2) is 5.31. The van der Waals surface area contributed by atoms with E-state index in [4.69, 9.17) is 5.11 Å². The second-order valence-corrected chi connectivity index (χ2v) is 1.97. The largest absolute Gasteiger partial charge is 0.479 e. The quantitative estimate of drug-likeness (QED) is 0.755. The molecule has 1 heterocycles. The molecule has 72 valence electrons. The zero-order valence-electron chi connectivity index (χ0n) is 6.44. The third-order valence-corrected chi connectivity index (χ3v) is 1.08. The minimum atomic E-state index is -1.15. The molecule has 4 nitrogen and oxygen atoms in total. The van der Waals surface area contributed by atoms with Crippen LogP contribution in [0.5, 0.6) is 5.75 Å². The standard InChI is InChI=1S/C7H6FNO3.ClH/c8-7-5(2-1-3-9-7)12-4-6(10)11;/h1-3H,4H2,(H,10,11);1H. The van der Waals surface area contributed by atoms with Crippen LogP contribution in [0.1, 0.15) is 0 Å². The summed E-state index contributed by atoms with van der Waals surface area (Å²) >= 11 is 0. The first kappa shape index (κ1) is 11.6. The van der Waals surface area contributed by atoms with Crippen LogP contribution in [0.15, 0.2) is 18.3 Å². The van der Waals surface area contributed by atoms with Gasteiger partial charge in [0.05, 0.1) is 0 Å². The Morgan fingerprint density at radius 3 is 2.92 bits per heavy atom. The van der Waals surface area contributed by atoms with Crippen molar-refractivity contribution in [2.45, 2.75) is 0 Å². The molecule has 0 radical (unpaired) electrons. The minimum Gasteiger partial charge on any atom is -0.479 e. The fraction of sp³-hybridized carbons (Fsp3) is 0.143. The first-order chi connectivity index (χ1) is 5.70. The summed E-state index contributed by atoms with van der Waals surface area (Å²) in [5, 5.41) is 8.20. The summed E-state index contributed by atoms with van der Waals surface area (Å²) in [7, 11) is 0. The maximum atomic E-state index is 12.6. The van der Waals surface area contributed by atoms with Crippen LogP contribution in [0.4, 0.5) is 4.39 Å². The molecule has 0 amide bonds. The van der Waals surface area contributed by atoms with E-state index < -0.39 is 18.5 Å². The van der Waals surface area contributed by atoms with E-state index in [0.717, 1.165) is 0 Å². The fourth-order valence-corrected chi connectivity index (χ4v) is 0.618. The summed E-state index contributed by atoms with van der Waals surface area (Å²) in [6.07, 6.45) is 1.25. The number of ether oxygens (including phenoxy) is 1. The van der Waals surface area contributed by atoms with Gasteiger partial charge in [0.25, 0.3) is 5.95 Å². The van der Waals surface area contributed by atoms with Crippen LogP contribution in [0.3, 0.4) is 0 Å². The van der Waals surface area contributed by atoms with Crippen LogP contribution in [-0.4, -0.2) is 22.7 Å². The van der Waals surface area contributed by atoms with Crippen molar-refractivity contribution in [2.24, 2.45) is 0 Å². The van der Waals surface area contributed by atoms with Crippen molar-refractivity contribution in [2.75, 3.05) is 6.61 Å². The van der Waals surface area contributed by atoms with E-state index in [9.17, 15) is 9.18 Å². The first-order valence-corrected chi connectivity index (χ1v) is 3.15. The van der Waals surface area contributed by atoms with Crippen LogP contribution < -0.4 is 4.74 Å². The maximum absolute atomic E-state index is 12.6. The van der Waals surface area contributed by atoms with Gasteiger partial charge in [0, 0.05) is 6.20 Å². The topological polar surface area (TPSA) is 59.4 Å². The number of pyridine rings is 1. The summed E-state index contributed by atoms with van der Waals surface area (Å²) in [6, 6.07) is 2.77. The molecule has 0 aliphatic carbocycles. The van der Waals surface area contributed by atoms with E-state index in [-0.39, 0.29) is 18.2 Å². The Morgan fingerprint density at radius 1 is 1.69 bits per heavy atom. The summed E-state index contributed by atoms with van der Waals surface area (Å²) in [4.78, 5) is 13.3. The fourth-order valence-electron chi connectivity index (χ4n) is 0.618. The van der Waals surface area contributed by atoms with Gasteiger partial charge >= 0.3 is 5.97 Å². The van der Waals surface area contributed by atoms with Crippen molar-refractivity contribution >= 4 is 18.4 Å². The van der Waals surface area contributed by atoms with Gasteiger partial charge in [0.15, 0.2) is 12.4 Å². The highest BCUT2D eigenvalue weighted by Gasteiger charge is 2.04. The SMILES string of the molecule is Cl.O=C(O)COc1cccnc1F. The average Bonchev–Trinajstić information content (AvgIpc) is 2.03. The minimum absolute atomic E-state index is 0. The molecule has 1 rings (SSSR count). The van der Waals surface area contributed by atoms with Crippen molar-refractivity contribution in [3.8, 4) is 5.75 Å². The monoisotopic (exact) mass is 207 g/mol. The molecule has 0 aromatic carbocycles. The van der Waals surface area contributed by atoms with Gasteiger partial charge in [0.1, 0.15) is 0 Å². The van der Waals surface area contributed by atoms with Crippen molar-refractivity contribution in [1.29, 1.82) is 0 Å². The molecule has 0 unspecified atom stereocenters. The molecule has 0 atom stereocenters. The molecule has 1 N–H and O–H groups in total. The lowest BCUT2D eigenvalue weighted by Crippen LogP contribution is -2.10. The van der Waals surface area contributed by atoms with Gasteiger partial charge in [-0.1, -0.05) is 0 Å². The van der Waals surface area contributed by atoms with E-state index >= 15 is 0 Å². The first-order valence-electron chi connectivity index (χ1n) is 3.15. The van der Waals surface area contributed by atoms with Crippen molar-refractivity contribution in [3.05, 3.63) is 24.3 Å². The summed E-state index contributed by atoms with van der Waals surface area (Å²) in [5.74, 6) is -2.11. The molecular weight excluding hydrogens is 201 g/mol. The third kappa shape index (κ3) is 3.71. The smallest absolute Gasteiger partial charge is 0.341 e. The Labute approximate surface area is 79.8 Å². The van der Waals surface area contributed by atoms with Crippen LogP contribution >= 0.6 is 12.4 Å². The highest BCUT2D eigenvalue weighted by molar-refractivity contribution is 5.85. The van der Waals surface area contributed by atoms with Gasteiger partial charge < -0.3 is 9.84 Å². The molecule has 0 saturated heterocycles. The summed E-state index contributed by atoms with van der Waals surface area (Å²) < 4.78 is 17.2. The Kier molecular flexibility index (Phi) is 4.76. The molecule has 13 heavy (non-hydrogen) atoms. The summed E-state index contributed by atoms with van der Waals surface area (Å²) in [5.41, 5.74) is 0. The zero-order chi connectivity index (χ0) is 8.97. The number of carboxylic acids is 1. The lowest BCUT2D eigenvalue weighted by Gasteiger charge is -2.01. The number of nitrogens with zero attached hydrogens (tertiary/aromatic N) is 1. The van der Waals surface area contributed by atoms with Crippen LogP contribution in [-0.2, 0) is 4.79 Å². The second-order valence-electron chi connectivity index (χ2n) is 1.97. The van der Waals surface area contributed by atoms with Gasteiger partial charge in [-0.3, -0.25) is 0 Å². The molecular formula is C7H7ClFNO3. The van der Waals surface area contributed by atoms with Crippen LogP contribution in [0.25, 0.3) is 0 Å². The predicted octanol–water partition coefficient (Wildman–Crippen LogP) is 1.11. The number of carbonyl (C=O) groups is 1. The highest BCUT2D eigenvalue weighted by atomic mass is 35.5. The molecule has 0 spiro atoms. The van der Waals surface area contributed by atoms with Crippen molar-refractivity contribution in [3.63, 3.8) is 0 Å². The molecule has 0 saturated carbocycles. The average molecular weight is 208 g/mol. The molecule has 1 aromatic heterocycles. The Hall–Kier alpha value is -1.36. The Morgan fingerprint density at radius 2 is 2.38 bits per heavy atom. The highest BCUT2D eigenvalue weighted by Crippen LogP contribution is 2.11. The number of hydrogen-bond donors (Lipinski definition) is 1. The number of hydrogen-bond acceptors (Lipinski definition) is 3. The van der Waals surface area contributed by atoms with Crippen LogP contribution in [0.2, 0.25) is 0 Å². The van der Waals surface area contributed by atoms with Gasteiger partial charge in [-0.2, -0.15) is 4.39 Å². The van der Waals surface area contributed by atoms with E-state index in [1.807, 2.05) is 0 Å². The number of aliphatic carboxylic acids is 1. The number of aromatic nitrogens is 1. The molecule has 6 heteroatoms. The van der Waals surface area contributed by atoms with Gasteiger partial charge in [-0.05, 0) is 12.1 Å². The van der Waals surface area contributed by atoms with E-state index in [1.54, 1.807) is 0 Å². The lowest BCUT2D eigenvalue weighted by molar-refractivity contribution is -0.139. The predicted molar refractivity (Wildman–Crippen MR) is 44.6 cm³/mol. The molecule has 0 aliphatic rings. The lowest BCUT2D eigenvalue weighted by atomic mass is 10.4. The number of halogens is 2. The molecule has 1 aromatic rings. The Balaban J connectivity index is 0.00000144. The van der Waals surface area contributed by atoms with Crippen molar-refractivity contribution < 1.29 is 19.0 Å². The van der Waals surface area contributed by atoms with Gasteiger partial charge in [-0.25, -0.2) is 9.78 Å². The Bertz CT molecular complexity index is 295. The molecule has 0 fully saturated rings. The van der Waals surface area contributed by atoms with E-state index in [0.29, 0.717) is 0 Å². The molecule has 0 aliphatic heterocycles. The zero-order valence-corrected chi connectivity index (χ0v) is 7.25.